The van der Waals surface area contributed by atoms with Crippen molar-refractivity contribution in [1.29, 1.82) is 0 Å². The van der Waals surface area contributed by atoms with Crippen molar-refractivity contribution in [3.63, 3.8) is 0 Å². The van der Waals surface area contributed by atoms with E-state index in [1.807, 2.05) is 0 Å². The van der Waals surface area contributed by atoms with E-state index in [1.54, 1.807) is 0 Å². The minimum Gasteiger partial charge on any atom is -0.462 e. The van der Waals surface area contributed by atoms with Gasteiger partial charge < -0.3 is 34.3 Å². The van der Waals surface area contributed by atoms with Crippen LogP contribution >= 0.6 is 0 Å². The third kappa shape index (κ3) is 23.7. The first kappa shape index (κ1) is 45.7. The van der Waals surface area contributed by atoms with Gasteiger partial charge in [0.2, 0.25) is 0 Å². The Morgan fingerprint density at radius 2 is 1.04 bits per heavy atom. The lowest BCUT2D eigenvalue weighted by atomic mass is 10.00. The average Bonchev–Trinajstić information content (AvgIpc) is 3.05. The lowest BCUT2D eigenvalue weighted by molar-refractivity contribution is -0.297. The third-order valence-corrected chi connectivity index (χ3v) is 9.69. The lowest BCUT2D eigenvalue weighted by Gasteiger charge is -2.40. The lowest BCUT2D eigenvalue weighted by Crippen LogP contribution is -2.60. The molecule has 49 heavy (non-hydrogen) atoms. The number of esters is 2. The fourth-order valence-electron chi connectivity index (χ4n) is 5.91. The van der Waals surface area contributed by atoms with Crippen LogP contribution in [-0.2, 0) is 38.7 Å². The Hall–Kier alpha value is -1.35. The van der Waals surface area contributed by atoms with Crippen LogP contribution in [0.1, 0.15) is 162 Å². The molecular weight excluding hydrogens is 656 g/mol. The molecule has 4 N–H and O–H groups in total. The van der Waals surface area contributed by atoms with Gasteiger partial charge in [0.25, 0.3) is 10.1 Å². The zero-order valence-corrected chi connectivity index (χ0v) is 31.1. The molecule has 0 radical (unpaired) electrons. The van der Waals surface area contributed by atoms with E-state index in [2.05, 4.69) is 13.8 Å². The van der Waals surface area contributed by atoms with Crippen LogP contribution in [0.4, 0.5) is 0 Å². The highest BCUT2D eigenvalue weighted by atomic mass is 32.2. The van der Waals surface area contributed by atoms with Crippen molar-refractivity contribution in [2.24, 2.45) is 0 Å². The first-order valence-electron chi connectivity index (χ1n) is 19.1. The number of carbonyl (C=O) groups is 2. The van der Waals surface area contributed by atoms with E-state index < -0.39 is 71.2 Å². The molecule has 0 aromatic carbocycles. The zero-order chi connectivity index (χ0) is 36.3. The van der Waals surface area contributed by atoms with Gasteiger partial charge in [0.1, 0.15) is 36.8 Å². The van der Waals surface area contributed by atoms with E-state index in [1.165, 1.54) is 83.5 Å². The SMILES string of the molecule is CCCCCCCCCCCCCCCC(=O)O[C@H](COC(=O)CCCCCCCCCC)CO[C@H]1O[C@H](CS(=O)(=O)O)[C@@H](O)C(O)C1O. The highest BCUT2D eigenvalue weighted by Gasteiger charge is 2.46. The van der Waals surface area contributed by atoms with Crippen molar-refractivity contribution in [2.45, 2.75) is 198 Å². The standard InChI is InChI=1S/C36H68O12S/c1-3-5-7-9-11-13-14-15-16-17-19-21-23-25-32(38)47-29(26-45-31(37)24-22-20-18-12-10-8-6-4-2)27-46-36-35(41)34(40)33(39)30(48-36)28-49(42,43)44/h29-30,33-36,39-41H,3-28H2,1-2H3,(H,42,43,44)/t29-,30-,33-,34?,35?,36+/m1/s1. The summed E-state index contributed by atoms with van der Waals surface area (Å²) in [4.78, 5) is 25.1. The number of aliphatic hydroxyl groups excluding tert-OH is 3. The van der Waals surface area contributed by atoms with Crippen LogP contribution in [-0.4, -0.2) is 96.0 Å². The second-order valence-electron chi connectivity index (χ2n) is 13.6. The topological polar surface area (TPSA) is 186 Å². The van der Waals surface area contributed by atoms with E-state index in [0.29, 0.717) is 12.8 Å². The number of aliphatic hydroxyl groups is 3. The van der Waals surface area contributed by atoms with Gasteiger partial charge in [0.15, 0.2) is 12.4 Å². The van der Waals surface area contributed by atoms with Crippen LogP contribution in [0.2, 0.25) is 0 Å². The molecular formula is C36H68O12S. The van der Waals surface area contributed by atoms with Crippen molar-refractivity contribution >= 4 is 22.1 Å². The molecule has 0 bridgehead atoms. The number of hydrogen-bond donors (Lipinski definition) is 4. The smallest absolute Gasteiger partial charge is 0.306 e. The predicted molar refractivity (Wildman–Crippen MR) is 187 cm³/mol. The van der Waals surface area contributed by atoms with Gasteiger partial charge in [-0.25, -0.2) is 0 Å². The Morgan fingerprint density at radius 1 is 0.612 bits per heavy atom. The number of unbranched alkanes of at least 4 members (excludes halogenated alkanes) is 19. The summed E-state index contributed by atoms with van der Waals surface area (Å²) >= 11 is 0. The Morgan fingerprint density at radius 3 is 1.49 bits per heavy atom. The minimum atomic E-state index is -4.59. The molecule has 6 atom stereocenters. The summed E-state index contributed by atoms with van der Waals surface area (Å²) in [5.41, 5.74) is 0. The number of ether oxygens (including phenoxy) is 4. The van der Waals surface area contributed by atoms with Gasteiger partial charge in [-0.2, -0.15) is 8.42 Å². The summed E-state index contributed by atoms with van der Waals surface area (Å²) < 4.78 is 53.7. The van der Waals surface area contributed by atoms with Gasteiger partial charge in [-0.05, 0) is 12.8 Å². The van der Waals surface area contributed by atoms with Crippen molar-refractivity contribution in [1.82, 2.24) is 0 Å². The monoisotopic (exact) mass is 724 g/mol. The molecule has 1 aliphatic rings. The van der Waals surface area contributed by atoms with Crippen LogP contribution < -0.4 is 0 Å². The highest BCUT2D eigenvalue weighted by molar-refractivity contribution is 7.85. The molecule has 0 spiro atoms. The first-order chi connectivity index (χ1) is 23.5. The number of hydrogen-bond acceptors (Lipinski definition) is 11. The largest absolute Gasteiger partial charge is 0.462 e. The second kappa shape index (κ2) is 28.3. The summed E-state index contributed by atoms with van der Waals surface area (Å²) in [6.07, 6.45) is 14.7. The maximum Gasteiger partial charge on any atom is 0.306 e. The minimum absolute atomic E-state index is 0.171. The summed E-state index contributed by atoms with van der Waals surface area (Å²) in [5, 5.41) is 30.7. The molecule has 0 amide bonds. The van der Waals surface area contributed by atoms with Crippen molar-refractivity contribution in [2.75, 3.05) is 19.0 Å². The Labute approximate surface area is 295 Å². The van der Waals surface area contributed by atoms with Gasteiger partial charge in [-0.1, -0.05) is 136 Å². The third-order valence-electron chi connectivity index (χ3n) is 8.94. The molecule has 13 heteroatoms. The molecule has 1 aliphatic heterocycles. The Balaban J connectivity index is 2.52. The van der Waals surface area contributed by atoms with Gasteiger partial charge in [-0.15, -0.1) is 0 Å². The van der Waals surface area contributed by atoms with Crippen LogP contribution in [0.15, 0.2) is 0 Å². The summed E-state index contributed by atoms with van der Waals surface area (Å²) in [5.74, 6) is -1.98. The number of carbonyl (C=O) groups excluding carboxylic acids is 2. The Bertz CT molecular complexity index is 946. The molecule has 1 fully saturated rings. The molecule has 0 aliphatic carbocycles. The zero-order valence-electron chi connectivity index (χ0n) is 30.3. The second-order valence-corrected chi connectivity index (χ2v) is 15.1. The quantitative estimate of drug-likeness (QED) is 0.0363. The molecule has 1 heterocycles. The maximum atomic E-state index is 12.7. The summed E-state index contributed by atoms with van der Waals surface area (Å²) in [6.45, 7) is 3.70. The molecule has 1 saturated heterocycles. The first-order valence-corrected chi connectivity index (χ1v) is 20.7. The van der Waals surface area contributed by atoms with Gasteiger partial charge >= 0.3 is 11.9 Å². The van der Waals surface area contributed by atoms with Crippen molar-refractivity contribution in [3.8, 4) is 0 Å². The van der Waals surface area contributed by atoms with E-state index in [-0.39, 0.29) is 19.4 Å². The molecule has 12 nitrogen and oxygen atoms in total. The van der Waals surface area contributed by atoms with E-state index in [4.69, 9.17) is 18.9 Å². The van der Waals surface area contributed by atoms with Crippen LogP contribution in [0.5, 0.6) is 0 Å². The summed E-state index contributed by atoms with van der Waals surface area (Å²) in [6, 6.07) is 0. The fraction of sp³-hybridized carbons (Fsp3) is 0.944. The molecule has 0 aromatic rings. The van der Waals surface area contributed by atoms with Crippen molar-refractivity contribution < 1.29 is 56.8 Å². The molecule has 0 aromatic heterocycles. The van der Waals surface area contributed by atoms with E-state index in [0.717, 1.165) is 38.5 Å². The molecule has 1 rings (SSSR count). The molecule has 0 saturated carbocycles. The highest BCUT2D eigenvalue weighted by Crippen LogP contribution is 2.24. The summed E-state index contributed by atoms with van der Waals surface area (Å²) in [7, 11) is -4.59. The number of rotatable bonds is 31. The van der Waals surface area contributed by atoms with Crippen LogP contribution in [0.25, 0.3) is 0 Å². The normalized spacial score (nSPS) is 21.8. The van der Waals surface area contributed by atoms with E-state index >= 15 is 0 Å². The predicted octanol–water partition coefficient (Wildman–Crippen LogP) is 6.17. The van der Waals surface area contributed by atoms with Crippen LogP contribution in [0.3, 0.4) is 0 Å². The van der Waals surface area contributed by atoms with E-state index in [9.17, 15) is 37.9 Å². The van der Waals surface area contributed by atoms with Gasteiger partial charge in [0.05, 0.1) is 6.61 Å². The fourth-order valence-corrected chi connectivity index (χ4v) is 6.60. The van der Waals surface area contributed by atoms with Crippen molar-refractivity contribution in [3.05, 3.63) is 0 Å². The average molecular weight is 725 g/mol. The maximum absolute atomic E-state index is 12.7. The van der Waals surface area contributed by atoms with Gasteiger partial charge in [-0.3, -0.25) is 14.1 Å². The Kier molecular flexibility index (Phi) is 26.3. The van der Waals surface area contributed by atoms with Gasteiger partial charge in [0, 0.05) is 12.8 Å². The van der Waals surface area contributed by atoms with Crippen LogP contribution in [0, 0.1) is 0 Å². The molecule has 290 valence electrons. The molecule has 2 unspecified atom stereocenters.